The highest BCUT2D eigenvalue weighted by molar-refractivity contribution is 7.91. The van der Waals surface area contributed by atoms with Crippen LogP contribution >= 0.6 is 0 Å². The van der Waals surface area contributed by atoms with Crippen molar-refractivity contribution in [2.24, 2.45) is 5.92 Å². The zero-order chi connectivity index (χ0) is 34.0. The van der Waals surface area contributed by atoms with Crippen molar-refractivity contribution < 1.29 is 46.6 Å². The molecule has 0 unspecified atom stereocenters. The summed E-state index contributed by atoms with van der Waals surface area (Å²) in [6.07, 6.45) is 3.18. The number of sulfonamides is 1. The van der Waals surface area contributed by atoms with Gasteiger partial charge < -0.3 is 29.7 Å². The van der Waals surface area contributed by atoms with Crippen molar-refractivity contribution in [3.05, 3.63) is 48.0 Å². The molecular formula is C32H42N4O10S. The number of carbonyl (C=O) groups excluding carboxylic acids is 5. The molecule has 2 aliphatic carbocycles. The number of nitrogens with one attached hydrogen (secondary N) is 3. The quantitative estimate of drug-likeness (QED) is 0.295. The minimum absolute atomic E-state index is 0.0863. The third-order valence-corrected chi connectivity index (χ3v) is 10.3. The van der Waals surface area contributed by atoms with E-state index >= 15 is 0 Å². The van der Waals surface area contributed by atoms with E-state index in [1.165, 1.54) is 4.90 Å². The molecule has 14 nitrogen and oxygen atoms in total. The van der Waals surface area contributed by atoms with Gasteiger partial charge >= 0.3 is 12.1 Å². The highest BCUT2D eigenvalue weighted by atomic mass is 32.2. The van der Waals surface area contributed by atoms with E-state index in [1.54, 1.807) is 63.3 Å². The molecule has 5 rings (SSSR count). The van der Waals surface area contributed by atoms with Crippen LogP contribution in [0.2, 0.25) is 0 Å². The van der Waals surface area contributed by atoms with E-state index in [0.717, 1.165) is 0 Å². The Kier molecular flexibility index (Phi) is 9.96. The van der Waals surface area contributed by atoms with Crippen LogP contribution in [-0.4, -0.2) is 97.4 Å². The van der Waals surface area contributed by atoms with Gasteiger partial charge in [-0.2, -0.15) is 0 Å². The summed E-state index contributed by atoms with van der Waals surface area (Å²) in [4.78, 5) is 68.5. The normalized spacial score (nSPS) is 29.1. The van der Waals surface area contributed by atoms with E-state index in [-0.39, 0.29) is 44.6 Å². The average molecular weight is 675 g/mol. The van der Waals surface area contributed by atoms with Crippen molar-refractivity contribution in [1.82, 2.24) is 20.3 Å². The van der Waals surface area contributed by atoms with E-state index in [4.69, 9.17) is 14.2 Å². The smallest absolute Gasteiger partial charge is 0.408 e. The SMILES string of the molecule is CC(C)(C)OC(=O)N[C@H]1CCCOC/C=C\[C@H]2C[C@@]2(C(=O)NS(=O)(=O)C2CC2)NC(=O)[C@@H]2C[C@@H](OC(=O)c3ccccc3)CN2C1=O. The first-order valence-electron chi connectivity index (χ1n) is 15.9. The van der Waals surface area contributed by atoms with Gasteiger partial charge in [0.1, 0.15) is 29.3 Å². The van der Waals surface area contributed by atoms with Crippen LogP contribution in [0.15, 0.2) is 42.5 Å². The molecule has 1 aromatic carbocycles. The third kappa shape index (κ3) is 8.49. The number of rotatable bonds is 6. The Bertz CT molecular complexity index is 1520. The second-order valence-corrected chi connectivity index (χ2v) is 15.4. The fraction of sp³-hybridized carbons (Fsp3) is 0.594. The van der Waals surface area contributed by atoms with Gasteiger partial charge in [0.15, 0.2) is 0 Å². The van der Waals surface area contributed by atoms with Gasteiger partial charge in [-0.25, -0.2) is 18.0 Å². The summed E-state index contributed by atoms with van der Waals surface area (Å²) in [6, 6.07) is 5.95. The molecule has 2 aliphatic heterocycles. The first-order chi connectivity index (χ1) is 22.2. The van der Waals surface area contributed by atoms with Crippen LogP contribution in [0.25, 0.3) is 0 Å². The molecule has 47 heavy (non-hydrogen) atoms. The number of benzene rings is 1. The van der Waals surface area contributed by atoms with Gasteiger partial charge in [-0.3, -0.25) is 19.1 Å². The number of fused-ring (bicyclic) bond motifs is 2. The van der Waals surface area contributed by atoms with Gasteiger partial charge in [-0.15, -0.1) is 0 Å². The Morgan fingerprint density at radius 1 is 1.09 bits per heavy atom. The minimum Gasteiger partial charge on any atom is -0.457 e. The Hall–Kier alpha value is -3.98. The lowest BCUT2D eigenvalue weighted by molar-refractivity contribution is -0.141. The molecule has 0 spiro atoms. The molecule has 1 saturated heterocycles. The van der Waals surface area contributed by atoms with Gasteiger partial charge in [0.25, 0.3) is 5.91 Å². The lowest BCUT2D eigenvalue weighted by atomic mass is 10.1. The van der Waals surface area contributed by atoms with Crippen LogP contribution in [0.1, 0.15) is 69.7 Å². The van der Waals surface area contributed by atoms with Crippen LogP contribution < -0.4 is 15.4 Å². The van der Waals surface area contributed by atoms with Crippen molar-refractivity contribution in [3.63, 3.8) is 0 Å². The van der Waals surface area contributed by atoms with Gasteiger partial charge in [0.05, 0.1) is 24.0 Å². The third-order valence-electron chi connectivity index (χ3n) is 8.45. The zero-order valence-corrected chi connectivity index (χ0v) is 27.5. The van der Waals surface area contributed by atoms with Crippen molar-refractivity contribution in [1.29, 1.82) is 0 Å². The number of nitrogens with zero attached hydrogens (tertiary/aromatic N) is 1. The Balaban J connectivity index is 1.42. The van der Waals surface area contributed by atoms with E-state index in [1.807, 2.05) is 0 Å². The van der Waals surface area contributed by atoms with Gasteiger partial charge in [-0.05, 0) is 65.0 Å². The maximum Gasteiger partial charge on any atom is 0.408 e. The number of carbonyl (C=O) groups is 5. The average Bonchev–Trinajstić information content (AvgIpc) is 3.92. The predicted molar refractivity (Wildman–Crippen MR) is 167 cm³/mol. The van der Waals surface area contributed by atoms with E-state index in [0.29, 0.717) is 19.3 Å². The molecule has 15 heteroatoms. The molecule has 0 aromatic heterocycles. The number of esters is 1. The lowest BCUT2D eigenvalue weighted by Crippen LogP contribution is -2.58. The standard InChI is InChI=1S/C32H42N4O10S/c1-31(2,3)46-30(41)33-24-12-8-16-44-15-7-11-21-18-32(21,29(40)35-47(42,43)23-13-14-23)34-26(37)25-17-22(19-36(25)27(24)38)45-28(39)20-9-5-4-6-10-20/h4-7,9-11,21-25H,8,12-19H2,1-3H3,(H,33,41)(H,34,37)(H,35,40)/b11-7-/t21-,22+,24-,25-,32+/m0/s1. The molecule has 1 aromatic rings. The van der Waals surface area contributed by atoms with E-state index < -0.39 is 80.3 Å². The highest BCUT2D eigenvalue weighted by Crippen LogP contribution is 2.46. The van der Waals surface area contributed by atoms with Crippen molar-refractivity contribution in [2.45, 2.75) is 93.9 Å². The summed E-state index contributed by atoms with van der Waals surface area (Å²) in [5.74, 6) is -3.34. The molecule has 3 N–H and O–H groups in total. The van der Waals surface area contributed by atoms with Crippen LogP contribution in [-0.2, 0) is 38.6 Å². The van der Waals surface area contributed by atoms with Crippen LogP contribution in [0.3, 0.4) is 0 Å². The number of ether oxygens (including phenoxy) is 3. The number of hydrogen-bond donors (Lipinski definition) is 3. The molecule has 0 bridgehead atoms. The van der Waals surface area contributed by atoms with Crippen molar-refractivity contribution in [2.75, 3.05) is 19.8 Å². The summed E-state index contributed by atoms with van der Waals surface area (Å²) in [5, 5.41) is 4.71. The summed E-state index contributed by atoms with van der Waals surface area (Å²) in [5.41, 5.74) is -2.12. The molecule has 256 valence electrons. The Morgan fingerprint density at radius 2 is 1.81 bits per heavy atom. The molecule has 3 fully saturated rings. The molecule has 4 amide bonds. The van der Waals surface area contributed by atoms with E-state index in [2.05, 4.69) is 15.4 Å². The first-order valence-corrected chi connectivity index (χ1v) is 17.4. The highest BCUT2D eigenvalue weighted by Gasteiger charge is 2.62. The van der Waals surface area contributed by atoms with E-state index in [9.17, 15) is 32.4 Å². The maximum atomic E-state index is 14.1. The second kappa shape index (κ2) is 13.6. The number of amides is 4. The van der Waals surface area contributed by atoms with Crippen LogP contribution in [0.4, 0.5) is 4.79 Å². The monoisotopic (exact) mass is 674 g/mol. The predicted octanol–water partition coefficient (Wildman–Crippen LogP) is 1.56. The van der Waals surface area contributed by atoms with Crippen molar-refractivity contribution >= 4 is 39.8 Å². The zero-order valence-electron chi connectivity index (χ0n) is 26.7. The van der Waals surface area contributed by atoms with Gasteiger partial charge in [-0.1, -0.05) is 30.4 Å². The van der Waals surface area contributed by atoms with Crippen molar-refractivity contribution in [3.8, 4) is 0 Å². The largest absolute Gasteiger partial charge is 0.457 e. The minimum atomic E-state index is -3.91. The topological polar surface area (TPSA) is 187 Å². The summed E-state index contributed by atoms with van der Waals surface area (Å²) in [6.45, 7) is 5.34. The molecule has 5 atom stereocenters. The van der Waals surface area contributed by atoms with Crippen LogP contribution in [0, 0.1) is 5.92 Å². The summed E-state index contributed by atoms with van der Waals surface area (Å²) >= 11 is 0. The number of hydrogen-bond acceptors (Lipinski definition) is 10. The summed E-state index contributed by atoms with van der Waals surface area (Å²) in [7, 11) is -3.91. The first kappa shape index (κ1) is 34.4. The maximum absolute atomic E-state index is 14.1. The fourth-order valence-electron chi connectivity index (χ4n) is 5.80. The molecule has 0 radical (unpaired) electrons. The van der Waals surface area contributed by atoms with Gasteiger partial charge in [0, 0.05) is 18.9 Å². The fourth-order valence-corrected chi connectivity index (χ4v) is 7.17. The molecule has 2 saturated carbocycles. The van der Waals surface area contributed by atoms with Crippen LogP contribution in [0.5, 0.6) is 0 Å². The Labute approximate surface area is 274 Å². The molecule has 4 aliphatic rings. The molecular weight excluding hydrogens is 632 g/mol. The Morgan fingerprint density at radius 3 is 2.49 bits per heavy atom. The summed E-state index contributed by atoms with van der Waals surface area (Å²) < 4.78 is 44.2. The lowest BCUT2D eigenvalue weighted by Gasteiger charge is -2.30. The molecule has 2 heterocycles. The number of alkyl carbamates (subject to hydrolysis) is 1. The van der Waals surface area contributed by atoms with Gasteiger partial charge in [0.2, 0.25) is 21.8 Å². The second-order valence-electron chi connectivity index (χ2n) is 13.4.